The maximum Gasteiger partial charge on any atom is 0.0927 e. The molecule has 4 rings (SSSR count). The van der Waals surface area contributed by atoms with Gasteiger partial charge in [-0.15, -0.1) is 0 Å². The summed E-state index contributed by atoms with van der Waals surface area (Å²) in [6.45, 7) is 4.45. The van der Waals surface area contributed by atoms with Crippen molar-refractivity contribution in [1.82, 2.24) is 0 Å². The number of hydrogen-bond donors (Lipinski definition) is 0. The monoisotopic (exact) mass is 220 g/mol. The second kappa shape index (κ2) is 3.25. The molecule has 7 atom stereocenters. The maximum absolute atomic E-state index is 6.22. The molecule has 88 valence electrons. The molecular weight excluding hydrogens is 200 g/mol. The molecule has 4 bridgehead atoms. The zero-order valence-corrected chi connectivity index (χ0v) is 9.68. The van der Waals surface area contributed by atoms with Crippen molar-refractivity contribution in [2.24, 2.45) is 29.6 Å². The van der Waals surface area contributed by atoms with Crippen LogP contribution in [0.2, 0.25) is 0 Å². The maximum atomic E-state index is 6.22. The third-order valence-corrected chi connectivity index (χ3v) is 5.62. The predicted molar refractivity (Wildman–Crippen MR) is 60.7 cm³/mol. The smallest absolute Gasteiger partial charge is 0.0927 e. The first-order chi connectivity index (χ1) is 7.88. The van der Waals surface area contributed by atoms with E-state index in [1.165, 1.54) is 25.7 Å². The Morgan fingerprint density at radius 3 is 2.81 bits per heavy atom. The number of fused-ring (bicyclic) bond motifs is 9. The first-order valence-corrected chi connectivity index (χ1v) is 6.76. The SMILES string of the molecule is C=COCC1CC2OC1C1C3CCC(C3)C21. The summed E-state index contributed by atoms with van der Waals surface area (Å²) in [6, 6.07) is 0. The molecule has 16 heavy (non-hydrogen) atoms. The average molecular weight is 220 g/mol. The van der Waals surface area contributed by atoms with Crippen molar-refractivity contribution < 1.29 is 9.47 Å². The summed E-state index contributed by atoms with van der Waals surface area (Å²) in [5.41, 5.74) is 0. The van der Waals surface area contributed by atoms with E-state index >= 15 is 0 Å². The lowest BCUT2D eigenvalue weighted by Crippen LogP contribution is -2.38. The number of hydrogen-bond acceptors (Lipinski definition) is 2. The van der Waals surface area contributed by atoms with Crippen molar-refractivity contribution in [2.45, 2.75) is 37.9 Å². The second-order valence-electron chi connectivity index (χ2n) is 6.12. The van der Waals surface area contributed by atoms with Gasteiger partial charge in [0.15, 0.2) is 0 Å². The van der Waals surface area contributed by atoms with Crippen LogP contribution in [0, 0.1) is 29.6 Å². The van der Waals surface area contributed by atoms with Gasteiger partial charge in [0, 0.05) is 5.92 Å². The van der Waals surface area contributed by atoms with E-state index in [2.05, 4.69) is 6.58 Å². The van der Waals surface area contributed by atoms with Crippen LogP contribution in [0.25, 0.3) is 0 Å². The van der Waals surface area contributed by atoms with Gasteiger partial charge in [0.1, 0.15) is 0 Å². The van der Waals surface area contributed by atoms with Crippen molar-refractivity contribution in [3.63, 3.8) is 0 Å². The lowest BCUT2D eigenvalue weighted by Gasteiger charge is -2.35. The summed E-state index contributed by atoms with van der Waals surface area (Å²) in [5, 5.41) is 0. The standard InChI is InChI=1S/C14H20O2/c1-2-15-7-10-6-11-12-8-3-4-9(5-8)13(12)14(10)16-11/h2,8-14H,1,3-7H2. The molecule has 7 unspecified atom stereocenters. The van der Waals surface area contributed by atoms with Gasteiger partial charge in [0.25, 0.3) is 0 Å². The molecule has 2 saturated carbocycles. The molecule has 2 heteroatoms. The van der Waals surface area contributed by atoms with Gasteiger partial charge in [-0.2, -0.15) is 0 Å². The van der Waals surface area contributed by atoms with Crippen LogP contribution < -0.4 is 0 Å². The molecular formula is C14H20O2. The van der Waals surface area contributed by atoms with Gasteiger partial charge in [-0.25, -0.2) is 0 Å². The summed E-state index contributed by atoms with van der Waals surface area (Å²) in [5.74, 6) is 4.44. The van der Waals surface area contributed by atoms with Crippen molar-refractivity contribution in [1.29, 1.82) is 0 Å². The highest BCUT2D eigenvalue weighted by Crippen LogP contribution is 2.63. The molecule has 4 aliphatic rings. The summed E-state index contributed by atoms with van der Waals surface area (Å²) in [4.78, 5) is 0. The van der Waals surface area contributed by atoms with Crippen molar-refractivity contribution in [3.8, 4) is 0 Å². The van der Waals surface area contributed by atoms with Gasteiger partial charge in [-0.3, -0.25) is 0 Å². The lowest BCUT2D eigenvalue weighted by molar-refractivity contribution is 0.0448. The van der Waals surface area contributed by atoms with Gasteiger partial charge >= 0.3 is 0 Å². The highest BCUT2D eigenvalue weighted by Gasteiger charge is 2.63. The van der Waals surface area contributed by atoms with E-state index in [9.17, 15) is 0 Å². The van der Waals surface area contributed by atoms with E-state index in [0.29, 0.717) is 18.1 Å². The van der Waals surface area contributed by atoms with Crippen molar-refractivity contribution in [2.75, 3.05) is 6.61 Å². The van der Waals surface area contributed by atoms with Gasteiger partial charge in [-0.1, -0.05) is 6.58 Å². The Bertz CT molecular complexity index is 314. The van der Waals surface area contributed by atoms with E-state index in [1.54, 1.807) is 6.26 Å². The molecule has 0 amide bonds. The molecule has 2 nitrogen and oxygen atoms in total. The topological polar surface area (TPSA) is 18.5 Å². The zero-order chi connectivity index (χ0) is 10.7. The summed E-state index contributed by atoms with van der Waals surface area (Å²) >= 11 is 0. The van der Waals surface area contributed by atoms with Gasteiger partial charge < -0.3 is 9.47 Å². The molecule has 2 heterocycles. The fraction of sp³-hybridized carbons (Fsp3) is 0.857. The molecule has 2 aliphatic carbocycles. The molecule has 0 spiro atoms. The number of ether oxygens (including phenoxy) is 2. The van der Waals surface area contributed by atoms with Gasteiger partial charge in [0.2, 0.25) is 0 Å². The molecule has 0 aromatic carbocycles. The largest absolute Gasteiger partial charge is 0.501 e. The van der Waals surface area contributed by atoms with E-state index in [-0.39, 0.29) is 0 Å². The molecule has 0 aromatic heterocycles. The van der Waals surface area contributed by atoms with Crippen LogP contribution in [0.4, 0.5) is 0 Å². The average Bonchev–Trinajstić information content (AvgIpc) is 3.02. The van der Waals surface area contributed by atoms with Crippen LogP contribution in [-0.2, 0) is 9.47 Å². The van der Waals surface area contributed by atoms with E-state index in [0.717, 1.165) is 30.3 Å². The van der Waals surface area contributed by atoms with E-state index in [1.807, 2.05) is 0 Å². The summed E-state index contributed by atoms with van der Waals surface area (Å²) in [6.07, 6.45) is 8.35. The van der Waals surface area contributed by atoms with Crippen LogP contribution >= 0.6 is 0 Å². The van der Waals surface area contributed by atoms with Crippen LogP contribution in [0.3, 0.4) is 0 Å². The highest BCUT2D eigenvalue weighted by molar-refractivity contribution is 5.11. The van der Waals surface area contributed by atoms with E-state index < -0.39 is 0 Å². The summed E-state index contributed by atoms with van der Waals surface area (Å²) < 4.78 is 11.6. The Balaban J connectivity index is 1.54. The normalized spacial score (nSPS) is 56.6. The minimum Gasteiger partial charge on any atom is -0.501 e. The van der Waals surface area contributed by atoms with Crippen LogP contribution in [-0.4, -0.2) is 18.8 Å². The second-order valence-corrected chi connectivity index (χ2v) is 6.12. The van der Waals surface area contributed by atoms with Crippen LogP contribution in [0.1, 0.15) is 25.7 Å². The quantitative estimate of drug-likeness (QED) is 0.681. The number of rotatable bonds is 3. The zero-order valence-electron chi connectivity index (χ0n) is 9.68. The minimum absolute atomic E-state index is 0.519. The first-order valence-electron chi connectivity index (χ1n) is 6.76. The van der Waals surface area contributed by atoms with Gasteiger partial charge in [0.05, 0.1) is 25.1 Å². The lowest BCUT2D eigenvalue weighted by atomic mass is 9.68. The Morgan fingerprint density at radius 1 is 1.19 bits per heavy atom. The van der Waals surface area contributed by atoms with Crippen molar-refractivity contribution in [3.05, 3.63) is 12.8 Å². The third kappa shape index (κ3) is 1.07. The molecule has 4 fully saturated rings. The highest BCUT2D eigenvalue weighted by atomic mass is 16.5. The Morgan fingerprint density at radius 2 is 2.00 bits per heavy atom. The molecule has 2 aliphatic heterocycles. The van der Waals surface area contributed by atoms with E-state index in [4.69, 9.17) is 9.47 Å². The molecule has 0 radical (unpaired) electrons. The van der Waals surface area contributed by atoms with Crippen LogP contribution in [0.15, 0.2) is 12.8 Å². The molecule has 0 N–H and O–H groups in total. The molecule has 0 aromatic rings. The Kier molecular flexibility index (Phi) is 1.94. The first kappa shape index (κ1) is 9.52. The third-order valence-electron chi connectivity index (χ3n) is 5.62. The Labute approximate surface area is 97.0 Å². The van der Waals surface area contributed by atoms with Crippen molar-refractivity contribution >= 4 is 0 Å². The fourth-order valence-electron chi connectivity index (χ4n) is 5.23. The summed E-state index contributed by atoms with van der Waals surface area (Å²) in [7, 11) is 0. The molecule has 2 saturated heterocycles. The predicted octanol–water partition coefficient (Wildman–Crippen LogP) is 2.60. The van der Waals surface area contributed by atoms with Crippen LogP contribution in [0.5, 0.6) is 0 Å². The fourth-order valence-corrected chi connectivity index (χ4v) is 5.23. The Hall–Kier alpha value is -0.500. The van der Waals surface area contributed by atoms with Gasteiger partial charge in [-0.05, 0) is 49.4 Å². The minimum atomic E-state index is 0.519.